The second-order valence-corrected chi connectivity index (χ2v) is 9.40. The molecule has 1 amide bonds. The minimum absolute atomic E-state index is 0.250. The molecule has 2 heterocycles. The smallest absolute Gasteiger partial charge is 0.412 e. The molecule has 0 spiro atoms. The lowest BCUT2D eigenvalue weighted by atomic mass is 9.93. The summed E-state index contributed by atoms with van der Waals surface area (Å²) in [6.07, 6.45) is 1.15. The van der Waals surface area contributed by atoms with Crippen LogP contribution in [0.2, 0.25) is 0 Å². The topological polar surface area (TPSA) is 91.8 Å². The van der Waals surface area contributed by atoms with Crippen molar-refractivity contribution in [2.75, 3.05) is 23.3 Å². The molecule has 0 saturated carbocycles. The summed E-state index contributed by atoms with van der Waals surface area (Å²) >= 11 is 1.34. The van der Waals surface area contributed by atoms with Crippen molar-refractivity contribution in [3.63, 3.8) is 0 Å². The van der Waals surface area contributed by atoms with E-state index in [0.29, 0.717) is 5.69 Å². The molecule has 1 saturated heterocycles. The van der Waals surface area contributed by atoms with Crippen molar-refractivity contribution in [3.8, 4) is 10.4 Å². The molecule has 1 aliphatic heterocycles. The number of nitrogens with one attached hydrogen (secondary N) is 1. The Morgan fingerprint density at radius 2 is 1.82 bits per heavy atom. The maximum Gasteiger partial charge on any atom is 0.412 e. The van der Waals surface area contributed by atoms with Crippen LogP contribution in [-0.4, -0.2) is 34.6 Å². The van der Waals surface area contributed by atoms with E-state index in [2.05, 4.69) is 26.7 Å². The first-order chi connectivity index (χ1) is 16.4. The zero-order chi connectivity index (χ0) is 24.1. The molecular weight excluding hydrogens is 450 g/mol. The van der Waals surface area contributed by atoms with E-state index in [4.69, 9.17) is 9.84 Å². The fourth-order valence-electron chi connectivity index (χ4n) is 4.26. The number of aryl methyl sites for hydroxylation is 1. The lowest BCUT2D eigenvalue weighted by Gasteiger charge is -2.33. The Hall–Kier alpha value is -3.39. The monoisotopic (exact) mass is 479 g/mol. The highest BCUT2D eigenvalue weighted by atomic mass is 32.1. The number of piperidine rings is 1. The maximum atomic E-state index is 12.6. The van der Waals surface area contributed by atoms with E-state index in [1.807, 2.05) is 56.3 Å². The predicted molar refractivity (Wildman–Crippen MR) is 134 cm³/mol. The Kier molecular flexibility index (Phi) is 7.47. The van der Waals surface area contributed by atoms with E-state index in [1.54, 1.807) is 0 Å². The van der Waals surface area contributed by atoms with Gasteiger partial charge >= 0.3 is 12.1 Å². The number of amides is 1. The second-order valence-electron chi connectivity index (χ2n) is 8.63. The summed E-state index contributed by atoms with van der Waals surface area (Å²) in [5.74, 6) is -0.461. The first-order valence-electron chi connectivity index (χ1n) is 11.5. The number of carbonyl (C=O) groups excluding carboxylic acids is 1. The van der Waals surface area contributed by atoms with E-state index in [9.17, 15) is 9.59 Å². The van der Waals surface area contributed by atoms with Crippen LogP contribution < -0.4 is 10.2 Å². The molecular formula is C26H29N3O4S. The van der Waals surface area contributed by atoms with Gasteiger partial charge in [-0.15, -0.1) is 0 Å². The standard InChI is InChI=1S/C26H29N3O4S/c1-17-24(27-26(32)33-18(2)20-6-4-3-5-7-20)25(34-28-17)21-8-10-22(11-9-21)29-14-12-19(13-15-29)16-23(30)31/h3-11,18-19H,12-16H2,1-2H3,(H,27,32)(H,30,31)/t18-/m1/s1. The number of rotatable bonds is 7. The third-order valence-electron chi connectivity index (χ3n) is 6.22. The van der Waals surface area contributed by atoms with Gasteiger partial charge in [0, 0.05) is 25.2 Å². The van der Waals surface area contributed by atoms with Crippen molar-refractivity contribution in [3.05, 3.63) is 65.9 Å². The van der Waals surface area contributed by atoms with Crippen LogP contribution in [0, 0.1) is 12.8 Å². The van der Waals surface area contributed by atoms with E-state index < -0.39 is 12.1 Å². The Morgan fingerprint density at radius 1 is 1.15 bits per heavy atom. The highest BCUT2D eigenvalue weighted by molar-refractivity contribution is 7.10. The van der Waals surface area contributed by atoms with Crippen LogP contribution in [-0.2, 0) is 9.53 Å². The molecule has 2 aromatic carbocycles. The van der Waals surface area contributed by atoms with Gasteiger partial charge in [0.25, 0.3) is 0 Å². The van der Waals surface area contributed by atoms with Gasteiger partial charge in [0.1, 0.15) is 6.10 Å². The van der Waals surface area contributed by atoms with Crippen LogP contribution in [0.15, 0.2) is 54.6 Å². The third kappa shape index (κ3) is 5.75. The highest BCUT2D eigenvalue weighted by Gasteiger charge is 2.22. The summed E-state index contributed by atoms with van der Waals surface area (Å²) < 4.78 is 10.0. The van der Waals surface area contributed by atoms with Gasteiger partial charge in [-0.05, 0) is 67.4 Å². The molecule has 8 heteroatoms. The molecule has 178 valence electrons. The number of anilines is 2. The first-order valence-corrected chi connectivity index (χ1v) is 12.2. The number of benzene rings is 2. The van der Waals surface area contributed by atoms with Crippen LogP contribution >= 0.6 is 11.5 Å². The number of aromatic nitrogens is 1. The molecule has 4 rings (SSSR count). The normalized spacial score (nSPS) is 15.1. The zero-order valence-corrected chi connectivity index (χ0v) is 20.2. The summed E-state index contributed by atoms with van der Waals surface area (Å²) in [6, 6.07) is 17.8. The van der Waals surface area contributed by atoms with E-state index >= 15 is 0 Å². The van der Waals surface area contributed by atoms with Gasteiger partial charge in [0.15, 0.2) is 0 Å². The largest absolute Gasteiger partial charge is 0.481 e. The predicted octanol–water partition coefficient (Wildman–Crippen LogP) is 6.12. The molecule has 1 aromatic heterocycles. The molecule has 0 unspecified atom stereocenters. The number of aliphatic carboxylic acids is 1. The molecule has 1 atom stereocenters. The van der Waals surface area contributed by atoms with Crippen LogP contribution in [0.3, 0.4) is 0 Å². The van der Waals surface area contributed by atoms with Gasteiger partial charge in [0.2, 0.25) is 0 Å². The van der Waals surface area contributed by atoms with Crippen molar-refractivity contribution < 1.29 is 19.4 Å². The number of nitrogens with zero attached hydrogens (tertiary/aromatic N) is 2. The Morgan fingerprint density at radius 3 is 2.47 bits per heavy atom. The van der Waals surface area contributed by atoms with Crippen LogP contribution in [0.25, 0.3) is 10.4 Å². The van der Waals surface area contributed by atoms with E-state index in [-0.39, 0.29) is 18.4 Å². The number of carboxylic acids is 1. The van der Waals surface area contributed by atoms with Gasteiger partial charge in [0.05, 0.1) is 16.3 Å². The number of carboxylic acid groups (broad SMARTS) is 1. The van der Waals surface area contributed by atoms with Gasteiger partial charge in [-0.25, -0.2) is 4.79 Å². The van der Waals surface area contributed by atoms with Crippen LogP contribution in [0.5, 0.6) is 0 Å². The van der Waals surface area contributed by atoms with E-state index in [1.165, 1.54) is 11.5 Å². The average molecular weight is 480 g/mol. The van der Waals surface area contributed by atoms with Crippen molar-refractivity contribution in [2.45, 2.75) is 39.2 Å². The van der Waals surface area contributed by atoms with Gasteiger partial charge < -0.3 is 14.7 Å². The molecule has 1 fully saturated rings. The summed E-state index contributed by atoms with van der Waals surface area (Å²) in [6.45, 7) is 5.42. The van der Waals surface area contributed by atoms with Crippen molar-refractivity contribution in [1.29, 1.82) is 0 Å². The lowest BCUT2D eigenvalue weighted by Crippen LogP contribution is -2.34. The Labute approximate surface area is 203 Å². The molecule has 0 bridgehead atoms. The van der Waals surface area contributed by atoms with Crippen molar-refractivity contribution >= 4 is 35.0 Å². The fraction of sp³-hybridized carbons (Fsp3) is 0.346. The van der Waals surface area contributed by atoms with Gasteiger partial charge in [-0.2, -0.15) is 4.37 Å². The minimum Gasteiger partial charge on any atom is -0.481 e. The minimum atomic E-state index is -0.717. The lowest BCUT2D eigenvalue weighted by molar-refractivity contribution is -0.138. The number of ether oxygens (including phenoxy) is 1. The van der Waals surface area contributed by atoms with Crippen molar-refractivity contribution in [1.82, 2.24) is 4.37 Å². The average Bonchev–Trinajstić information content (AvgIpc) is 3.19. The van der Waals surface area contributed by atoms with Crippen molar-refractivity contribution in [2.24, 2.45) is 5.92 Å². The fourth-order valence-corrected chi connectivity index (χ4v) is 5.12. The first kappa shape index (κ1) is 23.8. The Balaban J connectivity index is 1.40. The highest BCUT2D eigenvalue weighted by Crippen LogP contribution is 2.36. The molecule has 3 aromatic rings. The summed E-state index contributed by atoms with van der Waals surface area (Å²) in [7, 11) is 0. The Bertz CT molecular complexity index is 1120. The molecule has 0 radical (unpaired) electrons. The maximum absolute atomic E-state index is 12.6. The van der Waals surface area contributed by atoms with E-state index in [0.717, 1.165) is 53.3 Å². The molecule has 34 heavy (non-hydrogen) atoms. The summed E-state index contributed by atoms with van der Waals surface area (Å²) in [4.78, 5) is 26.7. The number of hydrogen-bond donors (Lipinski definition) is 2. The van der Waals surface area contributed by atoms with Gasteiger partial charge in [-0.1, -0.05) is 42.5 Å². The zero-order valence-electron chi connectivity index (χ0n) is 19.4. The van der Waals surface area contributed by atoms with Gasteiger partial charge in [-0.3, -0.25) is 10.1 Å². The number of hydrogen-bond acceptors (Lipinski definition) is 6. The molecule has 0 aliphatic carbocycles. The second kappa shape index (κ2) is 10.7. The molecule has 2 N–H and O–H groups in total. The SMILES string of the molecule is Cc1nsc(-c2ccc(N3CCC(CC(=O)O)CC3)cc2)c1NC(=O)O[C@H](C)c1ccccc1. The molecule has 7 nitrogen and oxygen atoms in total. The third-order valence-corrected chi connectivity index (χ3v) is 7.20. The quantitative estimate of drug-likeness (QED) is 0.424. The summed E-state index contributed by atoms with van der Waals surface area (Å²) in [5.41, 5.74) is 4.43. The number of carbonyl (C=O) groups is 2. The summed E-state index contributed by atoms with van der Waals surface area (Å²) in [5, 5.41) is 11.9. The molecule has 1 aliphatic rings. The van der Waals surface area contributed by atoms with Crippen LogP contribution in [0.4, 0.5) is 16.2 Å². The van der Waals surface area contributed by atoms with Crippen LogP contribution in [0.1, 0.15) is 43.5 Å².